The zero-order chi connectivity index (χ0) is 13.2. The van der Waals surface area contributed by atoms with E-state index in [0.29, 0.717) is 6.04 Å². The van der Waals surface area contributed by atoms with Crippen molar-refractivity contribution in [1.82, 2.24) is 19.7 Å². The monoisotopic (exact) mass is 247 g/mol. The van der Waals surface area contributed by atoms with Gasteiger partial charge < -0.3 is 0 Å². The van der Waals surface area contributed by atoms with Crippen LogP contribution in [0.3, 0.4) is 0 Å². The molecule has 5 heteroatoms. The maximum absolute atomic E-state index is 9.12. The Balaban J connectivity index is 1.96. The summed E-state index contributed by atoms with van der Waals surface area (Å²) in [7, 11) is 0. The summed E-state index contributed by atoms with van der Waals surface area (Å²) in [5.41, 5.74) is -0.137. The lowest BCUT2D eigenvalue weighted by atomic mass is 9.82. The standard InChI is InChI=1S/C13H21N5/c1-11(2)18-12(15-10-16-18)8-17-6-4-13(3,9-14)5-7-17/h10-11H,4-8H2,1-3H3. The van der Waals surface area contributed by atoms with Gasteiger partial charge >= 0.3 is 0 Å². The van der Waals surface area contributed by atoms with Crippen LogP contribution in [0, 0.1) is 16.7 Å². The van der Waals surface area contributed by atoms with E-state index in [4.69, 9.17) is 5.26 Å². The molecule has 0 N–H and O–H groups in total. The van der Waals surface area contributed by atoms with Gasteiger partial charge in [-0.25, -0.2) is 9.67 Å². The number of likely N-dealkylation sites (tertiary alicyclic amines) is 1. The lowest BCUT2D eigenvalue weighted by Gasteiger charge is -2.34. The third-order valence-corrected chi connectivity index (χ3v) is 3.73. The van der Waals surface area contributed by atoms with Crippen LogP contribution in [0.5, 0.6) is 0 Å². The molecule has 0 aromatic carbocycles. The maximum atomic E-state index is 9.12. The average Bonchev–Trinajstić information content (AvgIpc) is 2.81. The molecule has 1 saturated heterocycles. The summed E-state index contributed by atoms with van der Waals surface area (Å²) in [6.07, 6.45) is 3.51. The molecule has 0 aliphatic carbocycles. The van der Waals surface area contributed by atoms with Gasteiger partial charge in [0.25, 0.3) is 0 Å². The minimum atomic E-state index is -0.137. The topological polar surface area (TPSA) is 57.7 Å². The Morgan fingerprint density at radius 1 is 1.44 bits per heavy atom. The molecule has 0 spiro atoms. The molecule has 1 fully saturated rings. The Morgan fingerprint density at radius 3 is 2.67 bits per heavy atom. The van der Waals surface area contributed by atoms with Crippen LogP contribution in [-0.2, 0) is 6.54 Å². The van der Waals surface area contributed by atoms with E-state index in [2.05, 4.69) is 41.8 Å². The summed E-state index contributed by atoms with van der Waals surface area (Å²) in [6, 6.07) is 2.77. The highest BCUT2D eigenvalue weighted by Gasteiger charge is 2.30. The first-order valence-electron chi connectivity index (χ1n) is 6.56. The normalized spacial score (nSPS) is 19.9. The second kappa shape index (κ2) is 5.07. The van der Waals surface area contributed by atoms with E-state index < -0.39 is 0 Å². The summed E-state index contributed by atoms with van der Waals surface area (Å²) >= 11 is 0. The zero-order valence-electron chi connectivity index (χ0n) is 11.4. The van der Waals surface area contributed by atoms with Crippen molar-refractivity contribution < 1.29 is 0 Å². The molecule has 0 amide bonds. The van der Waals surface area contributed by atoms with Gasteiger partial charge in [-0.3, -0.25) is 4.90 Å². The first-order valence-corrected chi connectivity index (χ1v) is 6.56. The van der Waals surface area contributed by atoms with Crippen molar-refractivity contribution in [3.8, 4) is 6.07 Å². The van der Waals surface area contributed by atoms with Crippen LogP contribution < -0.4 is 0 Å². The van der Waals surface area contributed by atoms with E-state index in [-0.39, 0.29) is 5.41 Å². The molecule has 98 valence electrons. The third kappa shape index (κ3) is 2.70. The van der Waals surface area contributed by atoms with E-state index in [0.717, 1.165) is 38.3 Å². The number of piperidine rings is 1. The van der Waals surface area contributed by atoms with E-state index >= 15 is 0 Å². The SMILES string of the molecule is CC(C)n1ncnc1CN1CCC(C)(C#N)CC1. The van der Waals surface area contributed by atoms with E-state index in [1.807, 2.05) is 4.68 Å². The molecule has 1 aliphatic rings. The molecule has 0 saturated carbocycles. The highest BCUT2D eigenvalue weighted by molar-refractivity contribution is 4.99. The first kappa shape index (κ1) is 13.0. The fourth-order valence-electron chi connectivity index (χ4n) is 2.34. The quantitative estimate of drug-likeness (QED) is 0.819. The smallest absolute Gasteiger partial charge is 0.141 e. The van der Waals surface area contributed by atoms with Gasteiger partial charge in [0.2, 0.25) is 0 Å². The predicted molar refractivity (Wildman–Crippen MR) is 68.6 cm³/mol. The van der Waals surface area contributed by atoms with E-state index in [1.54, 1.807) is 6.33 Å². The Hall–Kier alpha value is -1.41. The van der Waals surface area contributed by atoms with Crippen LogP contribution in [-0.4, -0.2) is 32.8 Å². The highest BCUT2D eigenvalue weighted by atomic mass is 15.4. The average molecular weight is 247 g/mol. The van der Waals surface area contributed by atoms with E-state index in [1.165, 1.54) is 0 Å². The Kier molecular flexibility index (Phi) is 3.67. The van der Waals surface area contributed by atoms with Crippen molar-refractivity contribution >= 4 is 0 Å². The summed E-state index contributed by atoms with van der Waals surface area (Å²) in [5, 5.41) is 13.4. The molecule has 2 rings (SSSR count). The Labute approximate surface area is 108 Å². The van der Waals surface area contributed by atoms with Crippen LogP contribution in [0.1, 0.15) is 45.5 Å². The minimum Gasteiger partial charge on any atom is -0.296 e. The number of rotatable bonds is 3. The van der Waals surface area contributed by atoms with Crippen molar-refractivity contribution in [3.63, 3.8) is 0 Å². The van der Waals surface area contributed by atoms with Gasteiger partial charge in [0.1, 0.15) is 12.2 Å². The number of aromatic nitrogens is 3. The van der Waals surface area contributed by atoms with Gasteiger partial charge in [-0.05, 0) is 33.6 Å². The van der Waals surface area contributed by atoms with Gasteiger partial charge in [-0.2, -0.15) is 10.4 Å². The maximum Gasteiger partial charge on any atom is 0.141 e. The largest absolute Gasteiger partial charge is 0.296 e. The first-order chi connectivity index (χ1) is 8.54. The van der Waals surface area contributed by atoms with Crippen LogP contribution in [0.4, 0.5) is 0 Å². The summed E-state index contributed by atoms with van der Waals surface area (Å²) in [4.78, 5) is 6.70. The third-order valence-electron chi connectivity index (χ3n) is 3.73. The van der Waals surface area contributed by atoms with Crippen molar-refractivity contribution in [2.45, 2.75) is 46.2 Å². The molecular formula is C13H21N5. The molecule has 0 unspecified atom stereocenters. The van der Waals surface area contributed by atoms with Crippen LogP contribution in [0.25, 0.3) is 0 Å². The van der Waals surface area contributed by atoms with Crippen molar-refractivity contribution in [1.29, 1.82) is 5.26 Å². The van der Waals surface area contributed by atoms with Gasteiger partial charge in [-0.15, -0.1) is 0 Å². The number of nitriles is 1. The second-order valence-corrected chi connectivity index (χ2v) is 5.66. The highest BCUT2D eigenvalue weighted by Crippen LogP contribution is 2.30. The predicted octanol–water partition coefficient (Wildman–Crippen LogP) is 1.98. The molecule has 0 radical (unpaired) electrons. The van der Waals surface area contributed by atoms with E-state index in [9.17, 15) is 0 Å². The Bertz CT molecular complexity index is 434. The fourth-order valence-corrected chi connectivity index (χ4v) is 2.34. The summed E-state index contributed by atoms with van der Waals surface area (Å²) in [6.45, 7) is 9.05. The molecule has 0 atom stereocenters. The fraction of sp³-hybridized carbons (Fsp3) is 0.769. The molecule has 1 aromatic heterocycles. The van der Waals surface area contributed by atoms with Gasteiger partial charge in [-0.1, -0.05) is 0 Å². The van der Waals surface area contributed by atoms with Gasteiger partial charge in [0.15, 0.2) is 0 Å². The van der Waals surface area contributed by atoms with Crippen LogP contribution >= 0.6 is 0 Å². The minimum absolute atomic E-state index is 0.137. The number of nitrogens with zero attached hydrogens (tertiary/aromatic N) is 5. The summed E-state index contributed by atoms with van der Waals surface area (Å²) < 4.78 is 1.97. The summed E-state index contributed by atoms with van der Waals surface area (Å²) in [5.74, 6) is 1.02. The molecule has 18 heavy (non-hydrogen) atoms. The van der Waals surface area contributed by atoms with Crippen molar-refractivity contribution in [2.24, 2.45) is 5.41 Å². The molecule has 1 aliphatic heterocycles. The van der Waals surface area contributed by atoms with Crippen LogP contribution in [0.2, 0.25) is 0 Å². The van der Waals surface area contributed by atoms with Gasteiger partial charge in [0, 0.05) is 19.1 Å². The molecule has 0 bridgehead atoms. The zero-order valence-corrected chi connectivity index (χ0v) is 11.4. The Morgan fingerprint density at radius 2 is 2.11 bits per heavy atom. The van der Waals surface area contributed by atoms with Crippen molar-refractivity contribution in [2.75, 3.05) is 13.1 Å². The number of hydrogen-bond acceptors (Lipinski definition) is 4. The lowest BCUT2D eigenvalue weighted by molar-refractivity contribution is 0.145. The van der Waals surface area contributed by atoms with Crippen molar-refractivity contribution in [3.05, 3.63) is 12.2 Å². The molecule has 2 heterocycles. The molecular weight excluding hydrogens is 226 g/mol. The van der Waals surface area contributed by atoms with Gasteiger partial charge in [0.05, 0.1) is 18.0 Å². The van der Waals surface area contributed by atoms with Crippen LogP contribution in [0.15, 0.2) is 6.33 Å². The number of hydrogen-bond donors (Lipinski definition) is 0. The lowest BCUT2D eigenvalue weighted by Crippen LogP contribution is -2.38. The molecule has 1 aromatic rings. The molecule has 5 nitrogen and oxygen atoms in total. The second-order valence-electron chi connectivity index (χ2n) is 5.66.